The van der Waals surface area contributed by atoms with E-state index in [1.807, 2.05) is 0 Å². The van der Waals surface area contributed by atoms with Gasteiger partial charge in [-0.2, -0.15) is 0 Å². The highest BCUT2D eigenvalue weighted by Gasteiger charge is 2.31. The average Bonchev–Trinajstić information content (AvgIpc) is 2.45. The van der Waals surface area contributed by atoms with E-state index < -0.39 is 38.6 Å². The number of nitrogens with zero attached hydrogens (tertiary/aromatic N) is 2. The molecule has 0 atom stereocenters. The molecule has 10 nitrogen and oxygen atoms in total. The smallest absolute Gasteiger partial charge is 0.330 e. The molecule has 0 aliphatic carbocycles. The van der Waals surface area contributed by atoms with Crippen LogP contribution in [0, 0.1) is 20.2 Å². The van der Waals surface area contributed by atoms with Crippen molar-refractivity contribution >= 4 is 23.3 Å². The molecule has 10 heteroatoms. The summed E-state index contributed by atoms with van der Waals surface area (Å²) in [5, 5.41) is 23.8. The molecule has 0 aliphatic rings. The van der Waals surface area contributed by atoms with Crippen LogP contribution >= 0.6 is 0 Å². The van der Waals surface area contributed by atoms with Crippen molar-refractivity contribution in [2.24, 2.45) is 0 Å². The summed E-state index contributed by atoms with van der Waals surface area (Å²) in [6.07, 6.45) is 0. The van der Waals surface area contributed by atoms with Gasteiger partial charge in [-0.15, -0.1) is 0 Å². The van der Waals surface area contributed by atoms with E-state index in [4.69, 9.17) is 0 Å². The molecule has 0 saturated heterocycles. The molecule has 0 heterocycles. The van der Waals surface area contributed by atoms with Crippen molar-refractivity contribution in [3.05, 3.63) is 44.0 Å². The van der Waals surface area contributed by atoms with E-state index in [0.29, 0.717) is 0 Å². The molecule has 0 spiro atoms. The molecule has 1 amide bonds. The Labute approximate surface area is 124 Å². The highest BCUT2D eigenvalue weighted by molar-refractivity contribution is 5.98. The summed E-state index contributed by atoms with van der Waals surface area (Å²) >= 11 is 0. The third-order valence-corrected chi connectivity index (χ3v) is 2.71. The van der Waals surface area contributed by atoms with E-state index in [1.165, 1.54) is 13.8 Å². The number of ether oxygens (including phenoxy) is 1. The standard InChI is InChI=1S/C12H13N3O7/c1-12(2,11(17)22-3)13-10(16)7-4-8(14(18)19)6-9(5-7)15(20)21/h4-6H,1-3H3,(H,13,16). The lowest BCUT2D eigenvalue weighted by atomic mass is 10.0. The second kappa shape index (κ2) is 6.16. The first-order valence-corrected chi connectivity index (χ1v) is 5.93. The molecule has 0 aliphatic heterocycles. The minimum absolute atomic E-state index is 0.308. The number of esters is 1. The third kappa shape index (κ3) is 3.75. The zero-order valence-corrected chi connectivity index (χ0v) is 12.0. The van der Waals surface area contributed by atoms with Gasteiger partial charge in [-0.3, -0.25) is 25.0 Å². The summed E-state index contributed by atoms with van der Waals surface area (Å²) < 4.78 is 4.51. The van der Waals surface area contributed by atoms with Crippen LogP contribution in [0.4, 0.5) is 11.4 Å². The van der Waals surface area contributed by atoms with Crippen LogP contribution < -0.4 is 5.32 Å². The fraction of sp³-hybridized carbons (Fsp3) is 0.333. The van der Waals surface area contributed by atoms with Gasteiger partial charge in [0.25, 0.3) is 17.3 Å². The Morgan fingerprint density at radius 1 is 1.09 bits per heavy atom. The van der Waals surface area contributed by atoms with E-state index >= 15 is 0 Å². The SMILES string of the molecule is COC(=O)C(C)(C)NC(=O)c1cc([N+](=O)[O-])cc([N+](=O)[O-])c1. The minimum Gasteiger partial charge on any atom is -0.467 e. The van der Waals surface area contributed by atoms with Crippen molar-refractivity contribution in [3.8, 4) is 0 Å². The minimum atomic E-state index is -1.40. The van der Waals surface area contributed by atoms with Gasteiger partial charge in [-0.1, -0.05) is 0 Å². The van der Waals surface area contributed by atoms with Crippen LogP contribution in [0.25, 0.3) is 0 Å². The lowest BCUT2D eigenvalue weighted by molar-refractivity contribution is -0.394. The Morgan fingerprint density at radius 2 is 1.55 bits per heavy atom. The molecule has 1 aromatic carbocycles. The quantitative estimate of drug-likeness (QED) is 0.488. The van der Waals surface area contributed by atoms with Crippen molar-refractivity contribution < 1.29 is 24.2 Å². The summed E-state index contributed by atoms with van der Waals surface area (Å²) in [4.78, 5) is 43.4. The van der Waals surface area contributed by atoms with Gasteiger partial charge in [0.05, 0.1) is 28.6 Å². The maximum Gasteiger partial charge on any atom is 0.330 e. The summed E-state index contributed by atoms with van der Waals surface area (Å²) in [6, 6.07) is 2.51. The number of carbonyl (C=O) groups is 2. The summed E-state index contributed by atoms with van der Waals surface area (Å²) in [5.74, 6) is -1.61. The summed E-state index contributed by atoms with van der Waals surface area (Å²) in [6.45, 7) is 2.73. The molecule has 22 heavy (non-hydrogen) atoms. The number of carbonyl (C=O) groups excluding carboxylic acids is 2. The van der Waals surface area contributed by atoms with E-state index in [-0.39, 0.29) is 5.56 Å². The first-order chi connectivity index (χ1) is 10.1. The Morgan fingerprint density at radius 3 is 1.91 bits per heavy atom. The number of hydrogen-bond acceptors (Lipinski definition) is 7. The molecule has 0 fully saturated rings. The number of nitro benzene ring substituents is 2. The van der Waals surface area contributed by atoms with E-state index in [2.05, 4.69) is 10.1 Å². The molecule has 0 bridgehead atoms. The molecular weight excluding hydrogens is 298 g/mol. The van der Waals surface area contributed by atoms with E-state index in [1.54, 1.807) is 0 Å². The third-order valence-electron chi connectivity index (χ3n) is 2.71. The van der Waals surface area contributed by atoms with Gasteiger partial charge in [0.15, 0.2) is 0 Å². The highest BCUT2D eigenvalue weighted by atomic mass is 16.6. The fourth-order valence-corrected chi connectivity index (χ4v) is 1.60. The highest BCUT2D eigenvalue weighted by Crippen LogP contribution is 2.23. The van der Waals surface area contributed by atoms with Crippen molar-refractivity contribution in [1.82, 2.24) is 5.32 Å². The lowest BCUT2D eigenvalue weighted by Gasteiger charge is -2.22. The van der Waals surface area contributed by atoms with Gasteiger partial charge >= 0.3 is 5.97 Å². The van der Waals surface area contributed by atoms with Crippen LogP contribution in [0.1, 0.15) is 24.2 Å². The van der Waals surface area contributed by atoms with Crippen molar-refractivity contribution in [1.29, 1.82) is 0 Å². The number of nitro groups is 2. The maximum absolute atomic E-state index is 12.1. The van der Waals surface area contributed by atoms with Gasteiger partial charge in [0.2, 0.25) is 0 Å². The average molecular weight is 311 g/mol. The van der Waals surface area contributed by atoms with Crippen LogP contribution in [0.5, 0.6) is 0 Å². The zero-order valence-electron chi connectivity index (χ0n) is 12.0. The van der Waals surface area contributed by atoms with Crippen LogP contribution in [-0.2, 0) is 9.53 Å². The van der Waals surface area contributed by atoms with Crippen LogP contribution in [0.2, 0.25) is 0 Å². The number of benzene rings is 1. The number of methoxy groups -OCH3 is 1. The summed E-state index contributed by atoms with van der Waals surface area (Å²) in [7, 11) is 1.13. The largest absolute Gasteiger partial charge is 0.467 e. The molecule has 118 valence electrons. The molecule has 1 aromatic rings. The van der Waals surface area contributed by atoms with E-state index in [0.717, 1.165) is 25.3 Å². The van der Waals surface area contributed by atoms with Crippen LogP contribution in [-0.4, -0.2) is 34.4 Å². The second-order valence-corrected chi connectivity index (χ2v) is 4.82. The second-order valence-electron chi connectivity index (χ2n) is 4.82. The normalized spacial score (nSPS) is 10.7. The zero-order chi connectivity index (χ0) is 17.1. The number of rotatable bonds is 5. The molecule has 0 saturated carbocycles. The molecular formula is C12H13N3O7. The van der Waals surface area contributed by atoms with Gasteiger partial charge in [-0.25, -0.2) is 4.79 Å². The van der Waals surface area contributed by atoms with Gasteiger partial charge in [0.1, 0.15) is 5.54 Å². The predicted molar refractivity (Wildman–Crippen MR) is 73.3 cm³/mol. The van der Waals surface area contributed by atoms with Crippen molar-refractivity contribution in [2.75, 3.05) is 7.11 Å². The van der Waals surface area contributed by atoms with Gasteiger partial charge in [0, 0.05) is 12.1 Å². The first kappa shape index (κ1) is 17.0. The number of amides is 1. The van der Waals surface area contributed by atoms with E-state index in [9.17, 15) is 29.8 Å². The molecule has 0 radical (unpaired) electrons. The number of hydrogen-bond donors (Lipinski definition) is 1. The molecule has 1 N–H and O–H groups in total. The van der Waals surface area contributed by atoms with Gasteiger partial charge in [-0.05, 0) is 13.8 Å². The Bertz CT molecular complexity index is 622. The first-order valence-electron chi connectivity index (χ1n) is 5.93. The predicted octanol–water partition coefficient (Wildman–Crippen LogP) is 1.18. The van der Waals surface area contributed by atoms with Crippen LogP contribution in [0.3, 0.4) is 0 Å². The Kier molecular flexibility index (Phi) is 4.76. The summed E-state index contributed by atoms with van der Waals surface area (Å²) in [5.41, 5.74) is -2.91. The lowest BCUT2D eigenvalue weighted by Crippen LogP contribution is -2.50. The maximum atomic E-state index is 12.1. The van der Waals surface area contributed by atoms with Crippen molar-refractivity contribution in [2.45, 2.75) is 19.4 Å². The molecule has 0 unspecified atom stereocenters. The Balaban J connectivity index is 3.20. The fourth-order valence-electron chi connectivity index (χ4n) is 1.60. The number of non-ortho nitro benzene ring substituents is 2. The van der Waals surface area contributed by atoms with Gasteiger partial charge < -0.3 is 10.1 Å². The topological polar surface area (TPSA) is 142 Å². The Hall–Kier alpha value is -3.04. The number of nitrogens with one attached hydrogen (secondary N) is 1. The molecule has 1 rings (SSSR count). The van der Waals surface area contributed by atoms with Crippen molar-refractivity contribution in [3.63, 3.8) is 0 Å². The molecule has 0 aromatic heterocycles. The monoisotopic (exact) mass is 311 g/mol. The van der Waals surface area contributed by atoms with Crippen LogP contribution in [0.15, 0.2) is 18.2 Å².